The largest absolute Gasteiger partial charge is 0.461 e. The Labute approximate surface area is 106 Å². The van der Waals surface area contributed by atoms with Crippen LogP contribution in [0.15, 0.2) is 11.0 Å². The Morgan fingerprint density at radius 2 is 2.29 bits per heavy atom. The Kier molecular flexibility index (Phi) is 3.69. The van der Waals surface area contributed by atoms with Crippen LogP contribution < -0.4 is 16.2 Å². The van der Waals surface area contributed by atoms with E-state index < -0.39 is 0 Å². The first-order valence-corrected chi connectivity index (χ1v) is 6.71. The van der Waals surface area contributed by atoms with Crippen molar-refractivity contribution >= 4 is 23.1 Å². The van der Waals surface area contributed by atoms with Crippen molar-refractivity contribution in [2.75, 3.05) is 23.8 Å². The van der Waals surface area contributed by atoms with Crippen LogP contribution in [0.25, 0.3) is 0 Å². The molecule has 0 aliphatic carbocycles. The van der Waals surface area contributed by atoms with Crippen LogP contribution in [0.2, 0.25) is 0 Å². The van der Waals surface area contributed by atoms with Crippen molar-refractivity contribution in [3.63, 3.8) is 0 Å². The molecule has 4 N–H and O–H groups in total. The van der Waals surface area contributed by atoms with Crippen LogP contribution in [-0.2, 0) is 4.74 Å². The van der Waals surface area contributed by atoms with E-state index in [2.05, 4.69) is 6.92 Å². The molecule has 1 unspecified atom stereocenters. The Balaban J connectivity index is 2.24. The van der Waals surface area contributed by atoms with Crippen molar-refractivity contribution in [1.82, 2.24) is 0 Å². The number of hydrogen-bond donors (Lipinski definition) is 2. The van der Waals surface area contributed by atoms with Gasteiger partial charge in [0, 0.05) is 5.69 Å². The highest BCUT2D eigenvalue weighted by Gasteiger charge is 2.25. The second-order valence-electron chi connectivity index (χ2n) is 4.08. The summed E-state index contributed by atoms with van der Waals surface area (Å²) in [5.41, 5.74) is 14.3. The number of aryl methyl sites for hydroxylation is 1. The Hall–Kier alpha value is -1.07. The maximum atomic E-state index is 6.01. The highest BCUT2D eigenvalue weighted by atomic mass is 32.2. The average molecular weight is 254 g/mol. The molecule has 1 heterocycles. The molecular weight excluding hydrogens is 236 g/mol. The zero-order chi connectivity index (χ0) is 12.4. The zero-order valence-electron chi connectivity index (χ0n) is 10.2. The van der Waals surface area contributed by atoms with E-state index in [1.165, 1.54) is 0 Å². The SMILES string of the molecule is CCCOC1CSc2c(N)cc(C)c(N)c2O1. The summed E-state index contributed by atoms with van der Waals surface area (Å²) < 4.78 is 11.4. The summed E-state index contributed by atoms with van der Waals surface area (Å²) in [6.07, 6.45) is 0.749. The minimum absolute atomic E-state index is 0.226. The average Bonchev–Trinajstić information content (AvgIpc) is 2.33. The Morgan fingerprint density at radius 1 is 1.53 bits per heavy atom. The van der Waals surface area contributed by atoms with Crippen molar-refractivity contribution in [2.45, 2.75) is 31.5 Å². The number of hydrogen-bond acceptors (Lipinski definition) is 5. The van der Waals surface area contributed by atoms with Gasteiger partial charge in [0.25, 0.3) is 0 Å². The second kappa shape index (κ2) is 5.06. The molecule has 0 spiro atoms. The first-order chi connectivity index (χ1) is 8.13. The van der Waals surface area contributed by atoms with E-state index in [-0.39, 0.29) is 6.29 Å². The van der Waals surface area contributed by atoms with Gasteiger partial charge in [-0.05, 0) is 25.0 Å². The molecule has 94 valence electrons. The van der Waals surface area contributed by atoms with E-state index in [1.54, 1.807) is 11.8 Å². The quantitative estimate of drug-likeness (QED) is 0.810. The normalized spacial score (nSPS) is 18.6. The van der Waals surface area contributed by atoms with Gasteiger partial charge in [0.05, 0.1) is 22.9 Å². The topological polar surface area (TPSA) is 70.5 Å². The van der Waals surface area contributed by atoms with Gasteiger partial charge in [-0.3, -0.25) is 0 Å². The molecule has 1 aliphatic heterocycles. The fourth-order valence-corrected chi connectivity index (χ4v) is 2.70. The number of nitrogens with two attached hydrogens (primary N) is 2. The summed E-state index contributed by atoms with van der Waals surface area (Å²) in [6.45, 7) is 4.69. The molecule has 2 rings (SSSR count). The summed E-state index contributed by atoms with van der Waals surface area (Å²) in [5.74, 6) is 1.43. The lowest BCUT2D eigenvalue weighted by Gasteiger charge is -2.28. The van der Waals surface area contributed by atoms with E-state index in [9.17, 15) is 0 Å². The molecule has 4 nitrogen and oxygen atoms in total. The molecule has 0 fully saturated rings. The van der Waals surface area contributed by atoms with Crippen molar-refractivity contribution in [3.05, 3.63) is 11.6 Å². The molecule has 1 aliphatic rings. The van der Waals surface area contributed by atoms with Crippen LogP contribution in [0.4, 0.5) is 11.4 Å². The molecule has 5 heteroatoms. The van der Waals surface area contributed by atoms with Crippen LogP contribution in [0.1, 0.15) is 18.9 Å². The second-order valence-corrected chi connectivity index (χ2v) is 5.11. The summed E-state index contributed by atoms with van der Waals surface area (Å²) in [5, 5.41) is 0. The third-order valence-corrected chi connectivity index (χ3v) is 3.78. The maximum Gasteiger partial charge on any atom is 0.209 e. The number of anilines is 2. The molecule has 0 bridgehead atoms. The highest BCUT2D eigenvalue weighted by Crippen LogP contribution is 2.45. The van der Waals surface area contributed by atoms with Crippen LogP contribution in [0, 0.1) is 6.92 Å². The third kappa shape index (κ3) is 2.45. The van der Waals surface area contributed by atoms with Gasteiger partial charge in [-0.25, -0.2) is 0 Å². The fourth-order valence-electron chi connectivity index (χ4n) is 1.72. The van der Waals surface area contributed by atoms with Gasteiger partial charge in [-0.2, -0.15) is 0 Å². The number of benzene rings is 1. The first-order valence-electron chi connectivity index (χ1n) is 5.73. The Bertz CT molecular complexity index is 423. The van der Waals surface area contributed by atoms with E-state index in [0.717, 1.165) is 28.3 Å². The molecule has 0 saturated heterocycles. The summed E-state index contributed by atoms with van der Waals surface area (Å²) in [7, 11) is 0. The molecule has 0 radical (unpaired) electrons. The molecule has 17 heavy (non-hydrogen) atoms. The summed E-state index contributed by atoms with van der Waals surface area (Å²) >= 11 is 1.64. The predicted octanol–water partition coefficient (Wildman–Crippen LogP) is 2.40. The predicted molar refractivity (Wildman–Crippen MR) is 71.4 cm³/mol. The third-order valence-electron chi connectivity index (χ3n) is 2.63. The molecule has 0 amide bonds. The fraction of sp³-hybridized carbons (Fsp3) is 0.500. The highest BCUT2D eigenvalue weighted by molar-refractivity contribution is 7.99. The minimum atomic E-state index is -0.226. The van der Waals surface area contributed by atoms with Gasteiger partial charge in [0.2, 0.25) is 6.29 Å². The van der Waals surface area contributed by atoms with E-state index >= 15 is 0 Å². The number of fused-ring (bicyclic) bond motifs is 1. The lowest BCUT2D eigenvalue weighted by molar-refractivity contribution is -0.0658. The van der Waals surface area contributed by atoms with Crippen molar-refractivity contribution < 1.29 is 9.47 Å². The molecule has 0 saturated carbocycles. The number of ether oxygens (including phenoxy) is 2. The Morgan fingerprint density at radius 3 is 3.00 bits per heavy atom. The molecule has 1 atom stereocenters. The van der Waals surface area contributed by atoms with E-state index in [0.29, 0.717) is 18.0 Å². The van der Waals surface area contributed by atoms with E-state index in [4.69, 9.17) is 20.9 Å². The zero-order valence-corrected chi connectivity index (χ0v) is 11.0. The van der Waals surface area contributed by atoms with Crippen LogP contribution in [0.5, 0.6) is 5.75 Å². The van der Waals surface area contributed by atoms with Crippen molar-refractivity contribution in [3.8, 4) is 5.75 Å². The first kappa shape index (κ1) is 12.4. The maximum absolute atomic E-state index is 6.01. The summed E-state index contributed by atoms with van der Waals surface area (Å²) in [6, 6.07) is 1.89. The van der Waals surface area contributed by atoms with Gasteiger partial charge >= 0.3 is 0 Å². The van der Waals surface area contributed by atoms with Gasteiger partial charge in [0.15, 0.2) is 5.75 Å². The standard InChI is InChI=1S/C12H18N2O2S/c1-3-4-15-9-6-17-12-8(13)5-7(2)10(14)11(12)16-9/h5,9H,3-4,6,13-14H2,1-2H3. The van der Waals surface area contributed by atoms with Gasteiger partial charge in [0.1, 0.15) is 0 Å². The van der Waals surface area contributed by atoms with E-state index in [1.807, 2.05) is 13.0 Å². The van der Waals surface area contributed by atoms with Crippen molar-refractivity contribution in [2.24, 2.45) is 0 Å². The lowest BCUT2D eigenvalue weighted by Crippen LogP contribution is -2.27. The number of thioether (sulfide) groups is 1. The minimum Gasteiger partial charge on any atom is -0.461 e. The smallest absolute Gasteiger partial charge is 0.209 e. The van der Waals surface area contributed by atoms with Crippen LogP contribution in [-0.4, -0.2) is 18.6 Å². The number of nitrogen functional groups attached to an aromatic ring is 2. The van der Waals surface area contributed by atoms with Gasteiger partial charge in [-0.15, -0.1) is 11.8 Å². The van der Waals surface area contributed by atoms with Crippen molar-refractivity contribution in [1.29, 1.82) is 0 Å². The van der Waals surface area contributed by atoms with Crippen LogP contribution in [0.3, 0.4) is 0 Å². The molecule has 1 aromatic carbocycles. The number of rotatable bonds is 3. The lowest BCUT2D eigenvalue weighted by atomic mass is 10.1. The molecule has 1 aromatic rings. The molecular formula is C12H18N2O2S. The summed E-state index contributed by atoms with van der Waals surface area (Å²) in [4.78, 5) is 0.935. The molecule has 0 aromatic heterocycles. The van der Waals surface area contributed by atoms with Gasteiger partial charge < -0.3 is 20.9 Å². The monoisotopic (exact) mass is 254 g/mol. The van der Waals surface area contributed by atoms with Gasteiger partial charge in [-0.1, -0.05) is 6.92 Å². The van der Waals surface area contributed by atoms with Crippen LogP contribution >= 0.6 is 11.8 Å².